The van der Waals surface area contributed by atoms with Gasteiger partial charge < -0.3 is 0 Å². The summed E-state index contributed by atoms with van der Waals surface area (Å²) in [6, 6.07) is 0. The van der Waals surface area contributed by atoms with Crippen molar-refractivity contribution in [2.24, 2.45) is 4.99 Å². The normalized spacial score (nSPS) is 10.8. The van der Waals surface area contributed by atoms with Crippen LogP contribution in [0.1, 0.15) is 6.92 Å². The molecule has 11 heavy (non-hydrogen) atoms. The van der Waals surface area contributed by atoms with E-state index in [9.17, 15) is 0 Å². The molecular weight excluding hydrogens is 185 g/mol. The molecule has 0 fully saturated rings. The third kappa shape index (κ3) is 2.13. The average Bonchev–Trinajstić information content (AvgIpc) is 1.95. The van der Waals surface area contributed by atoms with Crippen LogP contribution in [0.2, 0.25) is 10.4 Å². The lowest BCUT2D eigenvalue weighted by atomic mass is 10.5. The summed E-state index contributed by atoms with van der Waals surface area (Å²) in [4.78, 5) is 11.3. The molecule has 0 atom stereocenters. The topological polar surface area (TPSA) is 38.1 Å². The molecule has 0 radical (unpaired) electrons. The third-order valence-corrected chi connectivity index (χ3v) is 1.42. The van der Waals surface area contributed by atoms with Crippen LogP contribution in [0, 0.1) is 0 Å². The molecule has 3 nitrogen and oxygen atoms in total. The highest BCUT2D eigenvalue weighted by Crippen LogP contribution is 2.21. The Kier molecular flexibility index (Phi) is 2.79. The number of rotatable bonds is 1. The maximum absolute atomic E-state index is 5.66. The van der Waals surface area contributed by atoms with Crippen LogP contribution in [0.4, 0.5) is 5.69 Å². The number of nitrogens with zero attached hydrogens (tertiary/aromatic N) is 3. The highest BCUT2D eigenvalue weighted by Gasteiger charge is 1.99. The van der Waals surface area contributed by atoms with Gasteiger partial charge in [-0.1, -0.05) is 11.6 Å². The molecule has 5 heteroatoms. The first-order chi connectivity index (χ1) is 5.24. The average molecular weight is 190 g/mol. The Balaban J connectivity index is 3.09. The van der Waals surface area contributed by atoms with Gasteiger partial charge in [0, 0.05) is 6.21 Å². The van der Waals surface area contributed by atoms with Crippen LogP contribution in [0.5, 0.6) is 0 Å². The molecule has 0 unspecified atom stereocenters. The van der Waals surface area contributed by atoms with Gasteiger partial charge in [0.25, 0.3) is 0 Å². The molecular formula is C6H5Cl2N3. The molecule has 0 saturated heterocycles. The Morgan fingerprint density at radius 3 is 2.82 bits per heavy atom. The third-order valence-electron chi connectivity index (χ3n) is 0.963. The first kappa shape index (κ1) is 8.43. The lowest BCUT2D eigenvalue weighted by molar-refractivity contribution is 1.16. The minimum atomic E-state index is 0.130. The fourth-order valence-corrected chi connectivity index (χ4v) is 0.915. The van der Waals surface area contributed by atoms with Crippen molar-refractivity contribution >= 4 is 35.1 Å². The van der Waals surface area contributed by atoms with Gasteiger partial charge in [-0.2, -0.15) is 0 Å². The molecule has 0 N–H and O–H groups in total. The smallest absolute Gasteiger partial charge is 0.223 e. The Bertz CT molecular complexity index is 285. The molecule has 0 bridgehead atoms. The van der Waals surface area contributed by atoms with E-state index in [0.717, 1.165) is 0 Å². The highest BCUT2D eigenvalue weighted by atomic mass is 35.5. The molecule has 0 aliphatic heterocycles. The fraction of sp³-hybridized carbons (Fsp3) is 0.167. The highest BCUT2D eigenvalue weighted by molar-refractivity contribution is 6.33. The van der Waals surface area contributed by atoms with E-state index in [1.165, 1.54) is 6.20 Å². The van der Waals surface area contributed by atoms with Crippen LogP contribution in [-0.2, 0) is 0 Å². The van der Waals surface area contributed by atoms with Gasteiger partial charge in [0.2, 0.25) is 5.28 Å². The van der Waals surface area contributed by atoms with Gasteiger partial charge in [-0.05, 0) is 18.5 Å². The predicted molar refractivity (Wildman–Crippen MR) is 45.9 cm³/mol. The van der Waals surface area contributed by atoms with Crippen molar-refractivity contribution in [2.75, 3.05) is 0 Å². The summed E-state index contributed by atoms with van der Waals surface area (Å²) in [5.74, 6) is 0. The monoisotopic (exact) mass is 189 g/mol. The molecule has 1 rings (SSSR count). The van der Waals surface area contributed by atoms with Gasteiger partial charge in [-0.15, -0.1) is 0 Å². The van der Waals surface area contributed by atoms with E-state index in [4.69, 9.17) is 23.2 Å². The molecule has 0 spiro atoms. The molecule has 0 saturated carbocycles. The maximum Gasteiger partial charge on any atom is 0.223 e. The second-order valence-electron chi connectivity index (χ2n) is 1.70. The molecule has 1 aromatic rings. The van der Waals surface area contributed by atoms with E-state index in [1.807, 2.05) is 0 Å². The first-order valence-corrected chi connectivity index (χ1v) is 3.66. The molecule has 0 aliphatic carbocycles. The number of aromatic nitrogens is 2. The van der Waals surface area contributed by atoms with Crippen molar-refractivity contribution in [2.45, 2.75) is 6.92 Å². The molecule has 0 aliphatic rings. The van der Waals surface area contributed by atoms with Gasteiger partial charge in [-0.3, -0.25) is 4.99 Å². The largest absolute Gasteiger partial charge is 0.257 e. The molecule has 58 valence electrons. The van der Waals surface area contributed by atoms with Gasteiger partial charge in [0.05, 0.1) is 6.20 Å². The standard InChI is InChI=1S/C6H5Cl2N3/c1-2-9-4-3-10-6(8)11-5(4)7/h2-3H,1H3/b9-2-. The number of hydrogen-bond acceptors (Lipinski definition) is 3. The number of halogens is 2. The summed E-state index contributed by atoms with van der Waals surface area (Å²) in [7, 11) is 0. The molecule has 0 aromatic carbocycles. The SMILES string of the molecule is C/C=N\c1cnc(Cl)nc1Cl. The van der Waals surface area contributed by atoms with E-state index in [0.29, 0.717) is 5.69 Å². The summed E-state index contributed by atoms with van der Waals surface area (Å²) in [5, 5.41) is 0.396. The Morgan fingerprint density at radius 2 is 2.27 bits per heavy atom. The van der Waals surface area contributed by atoms with Crippen LogP contribution in [-0.4, -0.2) is 16.2 Å². The van der Waals surface area contributed by atoms with Crippen molar-refractivity contribution in [3.8, 4) is 0 Å². The maximum atomic E-state index is 5.66. The van der Waals surface area contributed by atoms with Crippen LogP contribution in [0.25, 0.3) is 0 Å². The number of aliphatic imine (C=N–C) groups is 1. The summed E-state index contributed by atoms with van der Waals surface area (Å²) in [6.07, 6.45) is 3.08. The lowest BCUT2D eigenvalue weighted by Gasteiger charge is -1.94. The Morgan fingerprint density at radius 1 is 1.55 bits per heavy atom. The van der Waals surface area contributed by atoms with Gasteiger partial charge >= 0.3 is 0 Å². The second-order valence-corrected chi connectivity index (χ2v) is 2.40. The second kappa shape index (κ2) is 3.64. The van der Waals surface area contributed by atoms with Crippen molar-refractivity contribution in [3.05, 3.63) is 16.6 Å². The zero-order valence-electron chi connectivity index (χ0n) is 5.75. The van der Waals surface area contributed by atoms with E-state index in [1.54, 1.807) is 13.1 Å². The summed E-state index contributed by atoms with van der Waals surface area (Å²) in [6.45, 7) is 1.78. The fourth-order valence-electron chi connectivity index (χ4n) is 0.560. The van der Waals surface area contributed by atoms with Gasteiger partial charge in [0.15, 0.2) is 5.15 Å². The van der Waals surface area contributed by atoms with Crippen LogP contribution >= 0.6 is 23.2 Å². The lowest BCUT2D eigenvalue weighted by Crippen LogP contribution is -1.81. The van der Waals surface area contributed by atoms with Crippen molar-refractivity contribution in [1.82, 2.24) is 9.97 Å². The number of hydrogen-bond donors (Lipinski definition) is 0. The van der Waals surface area contributed by atoms with Crippen molar-refractivity contribution in [3.63, 3.8) is 0 Å². The molecule has 0 amide bonds. The predicted octanol–water partition coefficient (Wildman–Crippen LogP) is 2.51. The van der Waals surface area contributed by atoms with E-state index >= 15 is 0 Å². The van der Waals surface area contributed by atoms with Crippen LogP contribution in [0.3, 0.4) is 0 Å². The summed E-state index contributed by atoms with van der Waals surface area (Å²) < 4.78 is 0. The minimum Gasteiger partial charge on any atom is -0.257 e. The minimum absolute atomic E-state index is 0.130. The van der Waals surface area contributed by atoms with E-state index in [2.05, 4.69) is 15.0 Å². The van der Waals surface area contributed by atoms with Crippen LogP contribution < -0.4 is 0 Å². The Hall–Kier alpha value is -0.670. The first-order valence-electron chi connectivity index (χ1n) is 2.90. The van der Waals surface area contributed by atoms with Crippen LogP contribution in [0.15, 0.2) is 11.2 Å². The van der Waals surface area contributed by atoms with Gasteiger partial charge in [0.1, 0.15) is 5.69 Å². The Labute approximate surface area is 74.1 Å². The van der Waals surface area contributed by atoms with E-state index < -0.39 is 0 Å². The van der Waals surface area contributed by atoms with E-state index in [-0.39, 0.29) is 10.4 Å². The summed E-state index contributed by atoms with van der Waals surface area (Å²) in [5.41, 5.74) is 0.526. The zero-order chi connectivity index (χ0) is 8.27. The van der Waals surface area contributed by atoms with Crippen molar-refractivity contribution < 1.29 is 0 Å². The summed E-state index contributed by atoms with van der Waals surface area (Å²) >= 11 is 11.1. The molecule has 1 heterocycles. The zero-order valence-corrected chi connectivity index (χ0v) is 7.26. The molecule has 1 aromatic heterocycles. The quantitative estimate of drug-likeness (QED) is 0.387. The van der Waals surface area contributed by atoms with Gasteiger partial charge in [-0.25, -0.2) is 9.97 Å². The van der Waals surface area contributed by atoms with Crippen molar-refractivity contribution in [1.29, 1.82) is 0 Å².